The van der Waals surface area contributed by atoms with E-state index in [0.717, 1.165) is 18.5 Å². The molecule has 2 rings (SSSR count). The number of aromatic nitrogens is 2. The molecule has 0 atom stereocenters. The summed E-state index contributed by atoms with van der Waals surface area (Å²) in [6.45, 7) is 7.37. The number of nitrogens with two attached hydrogens (primary N) is 1. The first kappa shape index (κ1) is 12.4. The van der Waals surface area contributed by atoms with Crippen molar-refractivity contribution in [3.05, 3.63) is 23.8 Å². The molecule has 0 fully saturated rings. The maximum Gasteiger partial charge on any atom is 0.201 e. The van der Waals surface area contributed by atoms with Crippen LogP contribution >= 0.6 is 0 Å². The normalized spacial score (nSPS) is 11.7. The van der Waals surface area contributed by atoms with Gasteiger partial charge in [-0.15, -0.1) is 0 Å². The Morgan fingerprint density at radius 1 is 1.44 bits per heavy atom. The number of imidazole rings is 1. The Morgan fingerprint density at radius 2 is 2.17 bits per heavy atom. The number of benzene rings is 1. The molecule has 0 aliphatic carbocycles. The number of rotatable bonds is 3. The highest BCUT2D eigenvalue weighted by Gasteiger charge is 2.20. The molecule has 1 aromatic carbocycles. The third-order valence-electron chi connectivity index (χ3n) is 3.47. The summed E-state index contributed by atoms with van der Waals surface area (Å²) >= 11 is 0. The average Bonchev–Trinajstić information content (AvgIpc) is 2.66. The molecule has 0 bridgehead atoms. The predicted molar refractivity (Wildman–Crippen MR) is 72.9 cm³/mol. The van der Waals surface area contributed by atoms with Crippen LogP contribution in [0.5, 0.6) is 0 Å². The summed E-state index contributed by atoms with van der Waals surface area (Å²) in [6, 6.07) is 7.76. The number of hydrogen-bond donors (Lipinski definition) is 1. The van der Waals surface area contributed by atoms with Crippen LogP contribution in [0.2, 0.25) is 0 Å². The van der Waals surface area contributed by atoms with Crippen molar-refractivity contribution in [3.63, 3.8) is 0 Å². The van der Waals surface area contributed by atoms with E-state index in [2.05, 4.69) is 31.8 Å². The standard InChI is InChI=1S/C14H18N4/c1-4-14(2,3)9-18-11-7-5-6-10(8-15)12(11)17-13(18)16/h5-7H,4,9H2,1-3H3,(H2,16,17). The lowest BCUT2D eigenvalue weighted by Crippen LogP contribution is -2.19. The van der Waals surface area contributed by atoms with Gasteiger partial charge in [0.05, 0.1) is 11.1 Å². The molecule has 0 saturated heterocycles. The third kappa shape index (κ3) is 2.04. The summed E-state index contributed by atoms with van der Waals surface area (Å²) in [5.41, 5.74) is 8.35. The van der Waals surface area contributed by atoms with Gasteiger partial charge in [0.25, 0.3) is 0 Å². The highest BCUT2D eigenvalue weighted by molar-refractivity contribution is 5.83. The fraction of sp³-hybridized carbons (Fsp3) is 0.429. The first-order valence-electron chi connectivity index (χ1n) is 6.13. The number of hydrogen-bond acceptors (Lipinski definition) is 3. The summed E-state index contributed by atoms with van der Waals surface area (Å²) in [6.07, 6.45) is 1.06. The van der Waals surface area contributed by atoms with Gasteiger partial charge in [0.2, 0.25) is 5.95 Å². The molecular formula is C14H18N4. The van der Waals surface area contributed by atoms with Crippen LogP contribution in [0, 0.1) is 16.7 Å². The number of nitrogen functional groups attached to an aromatic ring is 1. The summed E-state index contributed by atoms with van der Waals surface area (Å²) in [4.78, 5) is 4.32. The van der Waals surface area contributed by atoms with Gasteiger partial charge in [0, 0.05) is 6.54 Å². The number of nitriles is 1. The van der Waals surface area contributed by atoms with Crippen LogP contribution in [0.4, 0.5) is 5.95 Å². The van der Waals surface area contributed by atoms with E-state index in [1.54, 1.807) is 6.07 Å². The fourth-order valence-corrected chi connectivity index (χ4v) is 1.96. The van der Waals surface area contributed by atoms with E-state index in [4.69, 9.17) is 11.0 Å². The van der Waals surface area contributed by atoms with Gasteiger partial charge < -0.3 is 10.3 Å². The Balaban J connectivity index is 2.59. The Hall–Kier alpha value is -2.02. The maximum absolute atomic E-state index is 9.07. The smallest absolute Gasteiger partial charge is 0.201 e. The van der Waals surface area contributed by atoms with Crippen molar-refractivity contribution < 1.29 is 0 Å². The Labute approximate surface area is 107 Å². The van der Waals surface area contributed by atoms with Crippen molar-refractivity contribution >= 4 is 17.0 Å². The lowest BCUT2D eigenvalue weighted by molar-refractivity contribution is 0.300. The minimum absolute atomic E-state index is 0.157. The molecule has 0 amide bonds. The molecule has 18 heavy (non-hydrogen) atoms. The quantitative estimate of drug-likeness (QED) is 0.899. The Morgan fingerprint density at radius 3 is 2.78 bits per heavy atom. The highest BCUT2D eigenvalue weighted by atomic mass is 15.2. The first-order valence-corrected chi connectivity index (χ1v) is 6.13. The molecule has 0 spiro atoms. The summed E-state index contributed by atoms with van der Waals surface area (Å²) in [5.74, 6) is 0.481. The molecule has 0 saturated carbocycles. The first-order chi connectivity index (χ1) is 8.48. The fourth-order valence-electron chi connectivity index (χ4n) is 1.96. The van der Waals surface area contributed by atoms with E-state index < -0.39 is 0 Å². The molecule has 2 N–H and O–H groups in total. The van der Waals surface area contributed by atoms with Crippen LogP contribution in [0.3, 0.4) is 0 Å². The predicted octanol–water partition coefficient (Wildman–Crippen LogP) is 2.93. The molecule has 0 aliphatic heterocycles. The lowest BCUT2D eigenvalue weighted by Gasteiger charge is -2.24. The van der Waals surface area contributed by atoms with Gasteiger partial charge in [-0.25, -0.2) is 4.98 Å². The zero-order valence-electron chi connectivity index (χ0n) is 11.1. The monoisotopic (exact) mass is 242 g/mol. The van der Waals surface area contributed by atoms with Crippen molar-refractivity contribution in [2.45, 2.75) is 33.7 Å². The number of para-hydroxylation sites is 1. The third-order valence-corrected chi connectivity index (χ3v) is 3.47. The van der Waals surface area contributed by atoms with Crippen molar-refractivity contribution in [2.75, 3.05) is 5.73 Å². The molecule has 0 unspecified atom stereocenters. The molecule has 1 aromatic heterocycles. The van der Waals surface area contributed by atoms with Crippen LogP contribution in [-0.4, -0.2) is 9.55 Å². The number of fused-ring (bicyclic) bond motifs is 1. The summed E-state index contributed by atoms with van der Waals surface area (Å²) in [5, 5.41) is 9.07. The van der Waals surface area contributed by atoms with E-state index >= 15 is 0 Å². The maximum atomic E-state index is 9.07. The van der Waals surface area contributed by atoms with E-state index in [9.17, 15) is 0 Å². The average molecular weight is 242 g/mol. The van der Waals surface area contributed by atoms with Gasteiger partial charge in [-0.2, -0.15) is 5.26 Å². The second kappa shape index (κ2) is 4.34. The molecule has 2 aromatic rings. The molecule has 1 heterocycles. The van der Waals surface area contributed by atoms with Crippen LogP contribution < -0.4 is 5.73 Å². The minimum atomic E-state index is 0.157. The van der Waals surface area contributed by atoms with Crippen LogP contribution in [0.15, 0.2) is 18.2 Å². The van der Waals surface area contributed by atoms with Gasteiger partial charge in [-0.1, -0.05) is 26.8 Å². The Bertz CT molecular complexity index is 616. The summed E-state index contributed by atoms with van der Waals surface area (Å²) < 4.78 is 2.00. The van der Waals surface area contributed by atoms with E-state index in [0.29, 0.717) is 17.0 Å². The molecule has 94 valence electrons. The minimum Gasteiger partial charge on any atom is -0.369 e. The van der Waals surface area contributed by atoms with E-state index in [1.165, 1.54) is 0 Å². The molecule has 0 aliphatic rings. The zero-order valence-corrected chi connectivity index (χ0v) is 11.1. The molecule has 4 heteroatoms. The zero-order chi connectivity index (χ0) is 13.3. The number of nitrogens with zero attached hydrogens (tertiary/aromatic N) is 3. The van der Waals surface area contributed by atoms with Crippen LogP contribution in [0.1, 0.15) is 32.8 Å². The number of anilines is 1. The molecular weight excluding hydrogens is 224 g/mol. The van der Waals surface area contributed by atoms with Crippen LogP contribution in [-0.2, 0) is 6.54 Å². The van der Waals surface area contributed by atoms with Gasteiger partial charge in [-0.05, 0) is 24.0 Å². The van der Waals surface area contributed by atoms with Crippen molar-refractivity contribution in [3.8, 4) is 6.07 Å². The molecule has 0 radical (unpaired) electrons. The van der Waals surface area contributed by atoms with Crippen LogP contribution in [0.25, 0.3) is 11.0 Å². The second-order valence-corrected chi connectivity index (χ2v) is 5.36. The lowest BCUT2D eigenvalue weighted by atomic mass is 9.90. The molecule has 4 nitrogen and oxygen atoms in total. The van der Waals surface area contributed by atoms with Gasteiger partial charge in [0.15, 0.2) is 0 Å². The SMILES string of the molecule is CCC(C)(C)Cn1c(N)nc2c(C#N)cccc21. The largest absolute Gasteiger partial charge is 0.369 e. The highest BCUT2D eigenvalue weighted by Crippen LogP contribution is 2.28. The van der Waals surface area contributed by atoms with Crippen molar-refractivity contribution in [1.82, 2.24) is 9.55 Å². The summed E-state index contributed by atoms with van der Waals surface area (Å²) in [7, 11) is 0. The second-order valence-electron chi connectivity index (χ2n) is 5.36. The van der Waals surface area contributed by atoms with Crippen molar-refractivity contribution in [1.29, 1.82) is 5.26 Å². The van der Waals surface area contributed by atoms with E-state index in [1.807, 2.05) is 16.7 Å². The van der Waals surface area contributed by atoms with Crippen molar-refractivity contribution in [2.24, 2.45) is 5.41 Å². The Kier molecular flexibility index (Phi) is 3.00. The topological polar surface area (TPSA) is 67.6 Å². The van der Waals surface area contributed by atoms with Gasteiger partial charge in [-0.3, -0.25) is 0 Å². The van der Waals surface area contributed by atoms with E-state index in [-0.39, 0.29) is 5.41 Å². The van der Waals surface area contributed by atoms with Gasteiger partial charge in [0.1, 0.15) is 11.6 Å². The van der Waals surface area contributed by atoms with Gasteiger partial charge >= 0.3 is 0 Å².